The predicted molar refractivity (Wildman–Crippen MR) is 58.1 cm³/mol. The van der Waals surface area contributed by atoms with Crippen molar-refractivity contribution < 1.29 is 9.53 Å². The lowest BCUT2D eigenvalue weighted by Gasteiger charge is -2.09. The maximum absolute atomic E-state index is 10.2. The van der Waals surface area contributed by atoms with Crippen LogP contribution in [0.1, 0.15) is 25.1 Å². The maximum Gasteiger partial charge on any atom is 0.418 e. The van der Waals surface area contributed by atoms with Gasteiger partial charge in [0.1, 0.15) is 6.10 Å². The molecule has 0 saturated carbocycles. The maximum atomic E-state index is 10.2. The Bertz CT molecular complexity index is 428. The lowest BCUT2D eigenvalue weighted by atomic mass is 10.2. The second-order valence-corrected chi connectivity index (χ2v) is 3.41. The molecule has 0 amide bonds. The van der Waals surface area contributed by atoms with Gasteiger partial charge in [-0.2, -0.15) is 0 Å². The first kappa shape index (κ1) is 9.77. The van der Waals surface area contributed by atoms with E-state index in [9.17, 15) is 4.79 Å². The van der Waals surface area contributed by atoms with Crippen LogP contribution < -0.4 is 0 Å². The lowest BCUT2D eigenvalue weighted by Crippen LogP contribution is -2.01. The first-order chi connectivity index (χ1) is 7.35. The summed E-state index contributed by atoms with van der Waals surface area (Å²) in [4.78, 5) is 13.4. The minimum Gasteiger partial charge on any atom is -0.448 e. The highest BCUT2D eigenvalue weighted by Crippen LogP contribution is 2.23. The van der Waals surface area contributed by atoms with Gasteiger partial charge < -0.3 is 9.72 Å². The second-order valence-electron chi connectivity index (χ2n) is 3.41. The Kier molecular flexibility index (Phi) is 2.72. The van der Waals surface area contributed by atoms with E-state index in [2.05, 4.69) is 4.98 Å². The molecule has 0 saturated heterocycles. The smallest absolute Gasteiger partial charge is 0.418 e. The molecule has 77 valence electrons. The summed E-state index contributed by atoms with van der Waals surface area (Å²) in [6.07, 6.45) is 0.511. The third-order valence-electron chi connectivity index (χ3n) is 2.46. The molecule has 0 aliphatic rings. The number of carbonyl (C=O) groups excluding carboxylic acids is 1. The number of hydrogen-bond donors (Lipinski definition) is 1. The Labute approximate surface area is 88.1 Å². The van der Waals surface area contributed by atoms with Crippen LogP contribution in [-0.2, 0) is 9.53 Å². The molecule has 2 rings (SSSR count). The van der Waals surface area contributed by atoms with E-state index in [0.717, 1.165) is 23.0 Å². The normalized spacial score (nSPS) is 12.6. The number of hydrogen-bond acceptors (Lipinski definition) is 2. The molecule has 1 aromatic heterocycles. The highest BCUT2D eigenvalue weighted by molar-refractivity contribution is 5.80. The Morgan fingerprint density at radius 2 is 2.27 bits per heavy atom. The van der Waals surface area contributed by atoms with E-state index in [0.29, 0.717) is 0 Å². The zero-order chi connectivity index (χ0) is 10.7. The van der Waals surface area contributed by atoms with Crippen molar-refractivity contribution in [3.05, 3.63) is 36.0 Å². The summed E-state index contributed by atoms with van der Waals surface area (Å²) in [7, 11) is 0. The Hall–Kier alpha value is -1.77. The van der Waals surface area contributed by atoms with Crippen molar-refractivity contribution in [2.45, 2.75) is 19.4 Å². The highest BCUT2D eigenvalue weighted by Gasteiger charge is 2.12. The number of rotatable bonds is 4. The number of nitrogens with one attached hydrogen (secondary N) is 1. The molecular formula is C12H12NO2. The number of aromatic amines is 1. The molecule has 0 aliphatic heterocycles. The molecule has 1 unspecified atom stereocenters. The number of H-pyrrole nitrogens is 1. The van der Waals surface area contributed by atoms with Crippen molar-refractivity contribution in [2.24, 2.45) is 0 Å². The summed E-state index contributed by atoms with van der Waals surface area (Å²) in [6, 6.07) is 9.97. The van der Waals surface area contributed by atoms with E-state index < -0.39 is 0 Å². The standard InChI is InChI=1S/C12H12NO2/c1-2-12(15-8-14)11-7-9-5-3-4-6-10(9)13-11/h3-7,12-13H,2H2,1H3. The second kappa shape index (κ2) is 4.17. The van der Waals surface area contributed by atoms with Gasteiger partial charge in [-0.1, -0.05) is 25.1 Å². The Morgan fingerprint density at radius 1 is 1.47 bits per heavy atom. The minimum absolute atomic E-state index is 0.227. The quantitative estimate of drug-likeness (QED) is 0.828. The SMILES string of the molecule is CCC(O[C]=O)c1cc2ccccc2[nH]1. The molecule has 1 atom stereocenters. The van der Waals surface area contributed by atoms with Crippen molar-refractivity contribution in [1.29, 1.82) is 0 Å². The van der Waals surface area contributed by atoms with E-state index in [4.69, 9.17) is 4.74 Å². The lowest BCUT2D eigenvalue weighted by molar-refractivity contribution is 0.171. The minimum atomic E-state index is -0.227. The van der Waals surface area contributed by atoms with Crippen molar-refractivity contribution in [3.8, 4) is 0 Å². The molecule has 0 bridgehead atoms. The molecule has 0 spiro atoms. The topological polar surface area (TPSA) is 42.1 Å². The summed E-state index contributed by atoms with van der Waals surface area (Å²) in [5, 5.41) is 1.13. The number of benzene rings is 1. The number of ether oxygens (including phenoxy) is 1. The van der Waals surface area contributed by atoms with Gasteiger partial charge in [0, 0.05) is 5.52 Å². The van der Waals surface area contributed by atoms with Crippen LogP contribution in [0.4, 0.5) is 0 Å². The van der Waals surface area contributed by atoms with Crippen molar-refractivity contribution in [2.75, 3.05) is 0 Å². The monoisotopic (exact) mass is 202 g/mol. The van der Waals surface area contributed by atoms with Crippen molar-refractivity contribution in [3.63, 3.8) is 0 Å². The van der Waals surface area contributed by atoms with Gasteiger partial charge in [0.2, 0.25) is 0 Å². The predicted octanol–water partition coefficient (Wildman–Crippen LogP) is 2.70. The van der Waals surface area contributed by atoms with Crippen LogP contribution in [0.3, 0.4) is 0 Å². The van der Waals surface area contributed by atoms with Gasteiger partial charge in [-0.15, -0.1) is 0 Å². The summed E-state index contributed by atoms with van der Waals surface area (Å²) in [5.41, 5.74) is 1.97. The van der Waals surface area contributed by atoms with Gasteiger partial charge in [0.15, 0.2) is 0 Å². The number of para-hydroxylation sites is 1. The van der Waals surface area contributed by atoms with Crippen LogP contribution in [0, 0.1) is 0 Å². The molecule has 15 heavy (non-hydrogen) atoms. The zero-order valence-corrected chi connectivity index (χ0v) is 8.49. The van der Waals surface area contributed by atoms with Gasteiger partial charge in [-0.3, -0.25) is 0 Å². The van der Waals surface area contributed by atoms with E-state index >= 15 is 0 Å². The summed E-state index contributed by atoms with van der Waals surface area (Å²) in [6.45, 7) is 3.46. The van der Waals surface area contributed by atoms with E-state index in [1.54, 1.807) is 0 Å². The largest absolute Gasteiger partial charge is 0.448 e. The Balaban J connectivity index is 2.38. The van der Waals surface area contributed by atoms with Crippen LogP contribution >= 0.6 is 0 Å². The summed E-state index contributed by atoms with van der Waals surface area (Å²) >= 11 is 0. The van der Waals surface area contributed by atoms with Crippen LogP contribution in [0.25, 0.3) is 10.9 Å². The third-order valence-corrected chi connectivity index (χ3v) is 2.46. The van der Waals surface area contributed by atoms with Gasteiger partial charge in [-0.05, 0) is 23.9 Å². The van der Waals surface area contributed by atoms with E-state index in [1.807, 2.05) is 37.3 Å². The first-order valence-electron chi connectivity index (χ1n) is 4.95. The molecule has 0 aliphatic carbocycles. The average Bonchev–Trinajstić information content (AvgIpc) is 2.69. The molecule has 1 aromatic carbocycles. The van der Waals surface area contributed by atoms with E-state index in [1.165, 1.54) is 6.47 Å². The van der Waals surface area contributed by atoms with E-state index in [-0.39, 0.29) is 6.10 Å². The van der Waals surface area contributed by atoms with Gasteiger partial charge in [0.25, 0.3) is 0 Å². The van der Waals surface area contributed by atoms with Crippen molar-refractivity contribution >= 4 is 17.4 Å². The van der Waals surface area contributed by atoms with Crippen LogP contribution in [0.15, 0.2) is 30.3 Å². The number of aromatic nitrogens is 1. The van der Waals surface area contributed by atoms with Gasteiger partial charge >= 0.3 is 6.47 Å². The molecule has 0 fully saturated rings. The highest BCUT2D eigenvalue weighted by atomic mass is 16.5. The van der Waals surface area contributed by atoms with Gasteiger partial charge in [0.05, 0.1) is 5.69 Å². The van der Waals surface area contributed by atoms with Crippen LogP contribution in [0.5, 0.6) is 0 Å². The van der Waals surface area contributed by atoms with Crippen LogP contribution in [-0.4, -0.2) is 11.5 Å². The molecular weight excluding hydrogens is 190 g/mol. The number of fused-ring (bicyclic) bond motifs is 1. The third kappa shape index (κ3) is 1.86. The van der Waals surface area contributed by atoms with Crippen molar-refractivity contribution in [1.82, 2.24) is 4.98 Å². The fourth-order valence-corrected chi connectivity index (χ4v) is 1.69. The summed E-state index contributed by atoms with van der Waals surface area (Å²) < 4.78 is 4.87. The molecule has 3 nitrogen and oxygen atoms in total. The molecule has 1 N–H and O–H groups in total. The zero-order valence-electron chi connectivity index (χ0n) is 8.49. The molecule has 1 heterocycles. The molecule has 2 aromatic rings. The first-order valence-corrected chi connectivity index (χ1v) is 4.95. The molecule has 1 radical (unpaired) electrons. The fraction of sp³-hybridized carbons (Fsp3) is 0.250. The van der Waals surface area contributed by atoms with Crippen LogP contribution in [0.2, 0.25) is 0 Å². The average molecular weight is 202 g/mol. The summed E-state index contributed by atoms with van der Waals surface area (Å²) in [5.74, 6) is 0. The Morgan fingerprint density at radius 3 is 2.93 bits per heavy atom. The van der Waals surface area contributed by atoms with Gasteiger partial charge in [-0.25, -0.2) is 4.79 Å². The molecule has 3 heteroatoms. The fourth-order valence-electron chi connectivity index (χ4n) is 1.69.